The molecule has 1 aromatic heterocycles. The van der Waals surface area contributed by atoms with Gasteiger partial charge in [-0.15, -0.1) is 5.10 Å². The summed E-state index contributed by atoms with van der Waals surface area (Å²) in [6.45, 7) is 4.74. The van der Waals surface area contributed by atoms with Gasteiger partial charge in [-0.05, 0) is 53.6 Å². The average Bonchev–Trinajstić information content (AvgIpc) is 3.06. The van der Waals surface area contributed by atoms with Crippen molar-refractivity contribution in [1.82, 2.24) is 25.5 Å². The highest BCUT2D eigenvalue weighted by Gasteiger charge is 2.15. The lowest BCUT2D eigenvalue weighted by Crippen LogP contribution is -2.21. The topological polar surface area (TPSA) is 55.6 Å². The molecule has 0 aliphatic carbocycles. The first-order chi connectivity index (χ1) is 11.1. The monoisotopic (exact) mass is 327 g/mol. The average molecular weight is 328 g/mol. The molecule has 3 rings (SSSR count). The Labute approximate surface area is 140 Å². The van der Waals surface area contributed by atoms with E-state index in [-0.39, 0.29) is 6.04 Å². The van der Waals surface area contributed by atoms with E-state index >= 15 is 0 Å². The molecule has 0 aliphatic heterocycles. The van der Waals surface area contributed by atoms with Gasteiger partial charge in [0.15, 0.2) is 5.82 Å². The van der Waals surface area contributed by atoms with Crippen LogP contribution >= 0.6 is 11.6 Å². The Morgan fingerprint density at radius 1 is 1.17 bits per heavy atom. The number of halogens is 1. The summed E-state index contributed by atoms with van der Waals surface area (Å²) in [6, 6.07) is 15.9. The molecule has 0 unspecified atom stereocenters. The summed E-state index contributed by atoms with van der Waals surface area (Å²) in [5.74, 6) is 0.773. The minimum absolute atomic E-state index is 0.00489. The highest BCUT2D eigenvalue weighted by atomic mass is 35.5. The van der Waals surface area contributed by atoms with Crippen molar-refractivity contribution >= 4 is 11.6 Å². The zero-order valence-electron chi connectivity index (χ0n) is 13.1. The number of para-hydroxylation sites is 1. The predicted molar refractivity (Wildman–Crippen MR) is 90.6 cm³/mol. The summed E-state index contributed by atoms with van der Waals surface area (Å²) in [7, 11) is 0. The molecule has 0 spiro atoms. The molecule has 0 amide bonds. The van der Waals surface area contributed by atoms with E-state index in [0.717, 1.165) is 27.7 Å². The molecule has 1 atom stereocenters. The lowest BCUT2D eigenvalue weighted by molar-refractivity contribution is 0.532. The Morgan fingerprint density at radius 3 is 2.70 bits per heavy atom. The highest BCUT2D eigenvalue weighted by molar-refractivity contribution is 6.31. The van der Waals surface area contributed by atoms with E-state index in [1.54, 1.807) is 4.68 Å². The Hall–Kier alpha value is -2.24. The molecule has 0 fully saturated rings. The van der Waals surface area contributed by atoms with Crippen molar-refractivity contribution in [3.05, 3.63) is 70.5 Å². The summed E-state index contributed by atoms with van der Waals surface area (Å²) >= 11 is 6.17. The summed E-state index contributed by atoms with van der Waals surface area (Å²) in [6.07, 6.45) is 0. The minimum atomic E-state index is 0.00489. The van der Waals surface area contributed by atoms with Crippen LogP contribution in [0.1, 0.15) is 29.9 Å². The van der Waals surface area contributed by atoms with Crippen LogP contribution in [0.5, 0.6) is 0 Å². The van der Waals surface area contributed by atoms with Crippen LogP contribution in [-0.4, -0.2) is 20.2 Å². The number of tetrazole rings is 1. The number of hydrogen-bond acceptors (Lipinski definition) is 4. The number of aromatic nitrogens is 4. The van der Waals surface area contributed by atoms with Gasteiger partial charge in [-0.2, -0.15) is 4.68 Å². The van der Waals surface area contributed by atoms with Gasteiger partial charge in [0.2, 0.25) is 0 Å². The van der Waals surface area contributed by atoms with E-state index in [0.29, 0.717) is 6.54 Å². The maximum absolute atomic E-state index is 6.17. The third kappa shape index (κ3) is 3.57. The van der Waals surface area contributed by atoms with Crippen molar-refractivity contribution in [1.29, 1.82) is 0 Å². The van der Waals surface area contributed by atoms with Crippen molar-refractivity contribution in [2.24, 2.45) is 0 Å². The fourth-order valence-corrected chi connectivity index (χ4v) is 2.53. The largest absolute Gasteiger partial charge is 0.303 e. The van der Waals surface area contributed by atoms with E-state index in [1.807, 2.05) is 56.3 Å². The Bertz CT molecular complexity index is 785. The molecule has 6 heteroatoms. The molecule has 0 saturated carbocycles. The van der Waals surface area contributed by atoms with Crippen LogP contribution in [0.4, 0.5) is 0 Å². The van der Waals surface area contributed by atoms with E-state index in [1.165, 1.54) is 0 Å². The van der Waals surface area contributed by atoms with Gasteiger partial charge < -0.3 is 5.32 Å². The third-order valence-corrected chi connectivity index (χ3v) is 4.14. The predicted octanol–water partition coefficient (Wildman–Crippen LogP) is 3.47. The van der Waals surface area contributed by atoms with Crippen LogP contribution in [0, 0.1) is 6.92 Å². The number of nitrogens with zero attached hydrogens (tertiary/aromatic N) is 4. The first-order valence-corrected chi connectivity index (χ1v) is 7.85. The summed E-state index contributed by atoms with van der Waals surface area (Å²) in [5.41, 5.74) is 3.15. The number of rotatable bonds is 5. The Morgan fingerprint density at radius 2 is 1.96 bits per heavy atom. The molecule has 0 aliphatic rings. The quantitative estimate of drug-likeness (QED) is 0.779. The zero-order valence-corrected chi connectivity index (χ0v) is 13.8. The van der Waals surface area contributed by atoms with Crippen molar-refractivity contribution in [2.45, 2.75) is 26.4 Å². The molecule has 1 N–H and O–H groups in total. The van der Waals surface area contributed by atoms with Gasteiger partial charge in [-0.3, -0.25) is 0 Å². The van der Waals surface area contributed by atoms with Crippen molar-refractivity contribution in [3.63, 3.8) is 0 Å². The van der Waals surface area contributed by atoms with Crippen LogP contribution in [-0.2, 0) is 6.54 Å². The SMILES string of the molecule is Cc1ccc(CN[C@@H](C)c2nnnn2-c2ccccc2)cc1Cl. The Balaban J connectivity index is 1.73. The van der Waals surface area contributed by atoms with E-state index in [4.69, 9.17) is 11.6 Å². The molecule has 3 aromatic rings. The third-order valence-electron chi connectivity index (χ3n) is 3.73. The van der Waals surface area contributed by atoms with E-state index in [2.05, 4.69) is 26.9 Å². The van der Waals surface area contributed by atoms with Crippen molar-refractivity contribution < 1.29 is 0 Å². The first kappa shape index (κ1) is 15.6. The zero-order chi connectivity index (χ0) is 16.2. The van der Waals surface area contributed by atoms with Crippen LogP contribution in [0.2, 0.25) is 5.02 Å². The molecular weight excluding hydrogens is 310 g/mol. The van der Waals surface area contributed by atoms with Crippen LogP contribution in [0.15, 0.2) is 48.5 Å². The maximum atomic E-state index is 6.17. The maximum Gasteiger partial charge on any atom is 0.173 e. The lowest BCUT2D eigenvalue weighted by atomic mass is 10.1. The fraction of sp³-hybridized carbons (Fsp3) is 0.235. The highest BCUT2D eigenvalue weighted by Crippen LogP contribution is 2.18. The van der Waals surface area contributed by atoms with Gasteiger partial charge in [0, 0.05) is 11.6 Å². The van der Waals surface area contributed by atoms with Gasteiger partial charge in [-0.1, -0.05) is 41.9 Å². The van der Waals surface area contributed by atoms with Gasteiger partial charge >= 0.3 is 0 Å². The molecule has 0 bridgehead atoms. The normalized spacial score (nSPS) is 12.3. The summed E-state index contributed by atoms with van der Waals surface area (Å²) in [5, 5.41) is 16.3. The molecule has 0 saturated heterocycles. The molecule has 23 heavy (non-hydrogen) atoms. The second kappa shape index (κ2) is 6.89. The number of hydrogen-bond donors (Lipinski definition) is 1. The van der Waals surface area contributed by atoms with Crippen LogP contribution in [0.25, 0.3) is 5.69 Å². The molecule has 0 radical (unpaired) electrons. The molecule has 118 valence electrons. The number of aryl methyl sites for hydroxylation is 1. The van der Waals surface area contributed by atoms with Gasteiger partial charge in [-0.25, -0.2) is 0 Å². The van der Waals surface area contributed by atoms with Gasteiger partial charge in [0.05, 0.1) is 11.7 Å². The molecule has 1 heterocycles. The number of benzene rings is 2. The minimum Gasteiger partial charge on any atom is -0.303 e. The van der Waals surface area contributed by atoms with E-state index < -0.39 is 0 Å². The van der Waals surface area contributed by atoms with Gasteiger partial charge in [0.25, 0.3) is 0 Å². The molecule has 2 aromatic carbocycles. The molecule has 5 nitrogen and oxygen atoms in total. The van der Waals surface area contributed by atoms with E-state index in [9.17, 15) is 0 Å². The lowest BCUT2D eigenvalue weighted by Gasteiger charge is -2.14. The second-order valence-corrected chi connectivity index (χ2v) is 5.88. The first-order valence-electron chi connectivity index (χ1n) is 7.47. The smallest absolute Gasteiger partial charge is 0.173 e. The number of nitrogens with one attached hydrogen (secondary N) is 1. The van der Waals surface area contributed by atoms with Gasteiger partial charge in [0.1, 0.15) is 0 Å². The van der Waals surface area contributed by atoms with Crippen LogP contribution < -0.4 is 5.32 Å². The standard InChI is InChI=1S/C17H18ClN5/c1-12-8-9-14(10-16(12)18)11-19-13(2)17-20-21-22-23(17)15-6-4-3-5-7-15/h3-10,13,19H,11H2,1-2H3/t13-/m0/s1. The van der Waals surface area contributed by atoms with Crippen molar-refractivity contribution in [2.75, 3.05) is 0 Å². The van der Waals surface area contributed by atoms with Crippen molar-refractivity contribution in [3.8, 4) is 5.69 Å². The fourth-order valence-electron chi connectivity index (χ4n) is 2.33. The Kier molecular flexibility index (Phi) is 4.69. The summed E-state index contributed by atoms with van der Waals surface area (Å²) < 4.78 is 1.75. The summed E-state index contributed by atoms with van der Waals surface area (Å²) in [4.78, 5) is 0. The second-order valence-electron chi connectivity index (χ2n) is 5.47. The van der Waals surface area contributed by atoms with Crippen LogP contribution in [0.3, 0.4) is 0 Å². The molecular formula is C17H18ClN5.